The van der Waals surface area contributed by atoms with Crippen molar-refractivity contribution in [1.29, 1.82) is 0 Å². The van der Waals surface area contributed by atoms with Gasteiger partial charge < -0.3 is 15.2 Å². The monoisotopic (exact) mass is 290 g/mol. The van der Waals surface area contributed by atoms with E-state index in [1.54, 1.807) is 24.3 Å². The fourth-order valence-corrected chi connectivity index (χ4v) is 1.68. The van der Waals surface area contributed by atoms with E-state index < -0.39 is 11.9 Å². The van der Waals surface area contributed by atoms with Gasteiger partial charge in [0, 0.05) is 5.69 Å². The first kappa shape index (κ1) is 14.5. The Hall–Kier alpha value is -2.90. The third kappa shape index (κ3) is 3.78. The van der Waals surface area contributed by atoms with Gasteiger partial charge in [-0.15, -0.1) is 5.10 Å². The molecule has 2 N–H and O–H groups in total. The summed E-state index contributed by atoms with van der Waals surface area (Å²) >= 11 is 0. The summed E-state index contributed by atoms with van der Waals surface area (Å²) in [4.78, 5) is 22.7. The second-order valence-corrected chi connectivity index (χ2v) is 4.09. The van der Waals surface area contributed by atoms with Gasteiger partial charge in [-0.1, -0.05) is 5.21 Å². The maximum Gasteiger partial charge on any atom is 0.355 e. The molecule has 110 valence electrons. The van der Waals surface area contributed by atoms with E-state index in [4.69, 9.17) is 9.84 Å². The van der Waals surface area contributed by atoms with Crippen molar-refractivity contribution >= 4 is 17.6 Å². The molecule has 1 aromatic heterocycles. The lowest BCUT2D eigenvalue weighted by atomic mass is 10.3. The van der Waals surface area contributed by atoms with Crippen molar-refractivity contribution < 1.29 is 19.4 Å². The van der Waals surface area contributed by atoms with Crippen LogP contribution in [0.2, 0.25) is 0 Å². The molecule has 8 nitrogen and oxygen atoms in total. The third-order valence-corrected chi connectivity index (χ3v) is 2.58. The van der Waals surface area contributed by atoms with E-state index in [1.807, 2.05) is 6.92 Å². The first-order chi connectivity index (χ1) is 10.1. The van der Waals surface area contributed by atoms with Crippen molar-refractivity contribution in [2.24, 2.45) is 0 Å². The minimum absolute atomic E-state index is 0.142. The van der Waals surface area contributed by atoms with Crippen LogP contribution in [0.1, 0.15) is 17.4 Å². The predicted octanol–water partition coefficient (Wildman–Crippen LogP) is 1.01. The fraction of sp³-hybridized carbons (Fsp3) is 0.231. The Morgan fingerprint density at radius 3 is 2.67 bits per heavy atom. The van der Waals surface area contributed by atoms with E-state index >= 15 is 0 Å². The second kappa shape index (κ2) is 6.51. The molecule has 0 atom stereocenters. The van der Waals surface area contributed by atoms with Gasteiger partial charge in [0.15, 0.2) is 5.69 Å². The van der Waals surface area contributed by atoms with Crippen molar-refractivity contribution in [2.45, 2.75) is 13.5 Å². The Bertz CT molecular complexity index is 636. The third-order valence-electron chi connectivity index (χ3n) is 2.58. The SMILES string of the molecule is CCOc1ccc(NC(=O)Cn2nncc2C(=O)O)cc1. The summed E-state index contributed by atoms with van der Waals surface area (Å²) < 4.78 is 6.31. The number of rotatable bonds is 6. The molecule has 0 fully saturated rings. The number of hydrogen-bond donors (Lipinski definition) is 2. The van der Waals surface area contributed by atoms with Gasteiger partial charge in [-0.3, -0.25) is 4.79 Å². The summed E-state index contributed by atoms with van der Waals surface area (Å²) in [5, 5.41) is 18.6. The highest BCUT2D eigenvalue weighted by Gasteiger charge is 2.14. The number of anilines is 1. The maximum atomic E-state index is 11.8. The van der Waals surface area contributed by atoms with Crippen LogP contribution in [-0.4, -0.2) is 38.6 Å². The Morgan fingerprint density at radius 1 is 1.33 bits per heavy atom. The lowest BCUT2D eigenvalue weighted by Gasteiger charge is -2.07. The van der Waals surface area contributed by atoms with Crippen molar-refractivity contribution in [1.82, 2.24) is 15.0 Å². The van der Waals surface area contributed by atoms with Gasteiger partial charge in [0.1, 0.15) is 12.3 Å². The van der Waals surface area contributed by atoms with Crippen LogP contribution in [0.4, 0.5) is 5.69 Å². The highest BCUT2D eigenvalue weighted by molar-refractivity contribution is 5.91. The molecule has 0 radical (unpaired) electrons. The van der Waals surface area contributed by atoms with Crippen LogP contribution < -0.4 is 10.1 Å². The molecule has 0 saturated heterocycles. The number of carbonyl (C=O) groups is 2. The summed E-state index contributed by atoms with van der Waals surface area (Å²) in [6.07, 6.45) is 1.09. The zero-order chi connectivity index (χ0) is 15.2. The zero-order valence-electron chi connectivity index (χ0n) is 11.3. The number of nitrogens with zero attached hydrogens (tertiary/aromatic N) is 3. The quantitative estimate of drug-likeness (QED) is 0.822. The smallest absolute Gasteiger partial charge is 0.355 e. The molecule has 0 unspecified atom stereocenters. The van der Waals surface area contributed by atoms with Gasteiger partial charge >= 0.3 is 5.97 Å². The molecule has 0 aliphatic carbocycles. The van der Waals surface area contributed by atoms with Gasteiger partial charge in [-0.05, 0) is 31.2 Å². The first-order valence-electron chi connectivity index (χ1n) is 6.24. The van der Waals surface area contributed by atoms with E-state index in [1.165, 1.54) is 0 Å². The number of amides is 1. The van der Waals surface area contributed by atoms with Crippen molar-refractivity contribution in [3.05, 3.63) is 36.2 Å². The van der Waals surface area contributed by atoms with Crippen molar-refractivity contribution in [3.8, 4) is 5.75 Å². The molecule has 1 heterocycles. The van der Waals surface area contributed by atoms with Gasteiger partial charge in [-0.25, -0.2) is 9.48 Å². The van der Waals surface area contributed by atoms with Crippen molar-refractivity contribution in [3.63, 3.8) is 0 Å². The molecule has 1 amide bonds. The Morgan fingerprint density at radius 2 is 2.05 bits per heavy atom. The zero-order valence-corrected chi connectivity index (χ0v) is 11.3. The normalized spacial score (nSPS) is 10.1. The number of hydrogen-bond acceptors (Lipinski definition) is 5. The summed E-state index contributed by atoms with van der Waals surface area (Å²) in [5.74, 6) is -0.874. The number of nitrogens with one attached hydrogen (secondary N) is 1. The van der Waals surface area contributed by atoms with Crippen LogP contribution in [0.5, 0.6) is 5.75 Å². The Balaban J connectivity index is 1.98. The van der Waals surface area contributed by atoms with Crippen LogP contribution in [0.25, 0.3) is 0 Å². The molecule has 0 aliphatic heterocycles. The fourth-order valence-electron chi connectivity index (χ4n) is 1.68. The Kier molecular flexibility index (Phi) is 4.50. The number of carboxylic acid groups (broad SMARTS) is 1. The highest BCUT2D eigenvalue weighted by Crippen LogP contribution is 2.15. The average Bonchev–Trinajstić information content (AvgIpc) is 2.89. The number of carbonyl (C=O) groups excluding carboxylic acids is 1. The minimum atomic E-state index is -1.19. The number of aromatic nitrogens is 3. The van der Waals surface area contributed by atoms with Crippen molar-refractivity contribution in [2.75, 3.05) is 11.9 Å². The molecular formula is C13H14N4O4. The molecule has 21 heavy (non-hydrogen) atoms. The largest absolute Gasteiger partial charge is 0.494 e. The lowest BCUT2D eigenvalue weighted by Crippen LogP contribution is -2.22. The van der Waals surface area contributed by atoms with E-state index in [2.05, 4.69) is 15.6 Å². The lowest BCUT2D eigenvalue weighted by molar-refractivity contribution is -0.116. The minimum Gasteiger partial charge on any atom is -0.494 e. The topological polar surface area (TPSA) is 106 Å². The standard InChI is InChI=1S/C13H14N4O4/c1-2-21-10-5-3-9(4-6-10)15-12(18)8-17-11(13(19)20)7-14-16-17/h3-7H,2,8H2,1H3,(H,15,18)(H,19,20). The number of carboxylic acids is 1. The first-order valence-corrected chi connectivity index (χ1v) is 6.24. The molecule has 0 saturated carbocycles. The summed E-state index contributed by atoms with van der Waals surface area (Å²) in [6, 6.07) is 6.86. The molecule has 2 rings (SSSR count). The van der Waals surface area contributed by atoms with Crippen LogP contribution in [0.15, 0.2) is 30.5 Å². The average molecular weight is 290 g/mol. The maximum absolute atomic E-state index is 11.8. The van der Waals surface area contributed by atoms with Crippen LogP contribution >= 0.6 is 0 Å². The predicted molar refractivity (Wildman–Crippen MR) is 73.2 cm³/mol. The van der Waals surface area contributed by atoms with Gasteiger partial charge in [-0.2, -0.15) is 0 Å². The molecule has 8 heteroatoms. The van der Waals surface area contributed by atoms with Gasteiger partial charge in [0.05, 0.1) is 12.8 Å². The van der Waals surface area contributed by atoms with E-state index in [0.717, 1.165) is 10.9 Å². The van der Waals surface area contributed by atoms with Gasteiger partial charge in [0.25, 0.3) is 0 Å². The van der Waals surface area contributed by atoms with Crippen LogP contribution in [0, 0.1) is 0 Å². The molecule has 0 aliphatic rings. The summed E-state index contributed by atoms with van der Waals surface area (Å²) in [7, 11) is 0. The number of aromatic carboxylic acids is 1. The number of ether oxygens (including phenoxy) is 1. The van der Waals surface area contributed by atoms with Crippen LogP contribution in [-0.2, 0) is 11.3 Å². The molecule has 0 spiro atoms. The molecular weight excluding hydrogens is 276 g/mol. The number of benzene rings is 1. The molecule has 2 aromatic rings. The molecule has 0 bridgehead atoms. The highest BCUT2D eigenvalue weighted by atomic mass is 16.5. The second-order valence-electron chi connectivity index (χ2n) is 4.09. The summed E-state index contributed by atoms with van der Waals surface area (Å²) in [6.45, 7) is 2.22. The molecule has 1 aromatic carbocycles. The van der Waals surface area contributed by atoms with Crippen LogP contribution in [0.3, 0.4) is 0 Å². The van der Waals surface area contributed by atoms with E-state index in [-0.39, 0.29) is 12.2 Å². The van der Waals surface area contributed by atoms with E-state index in [9.17, 15) is 9.59 Å². The van der Waals surface area contributed by atoms with Gasteiger partial charge in [0.2, 0.25) is 5.91 Å². The van der Waals surface area contributed by atoms with E-state index in [0.29, 0.717) is 18.0 Å². The Labute approximate surface area is 120 Å². The summed E-state index contributed by atoms with van der Waals surface area (Å²) in [5.41, 5.74) is 0.442.